The zero-order chi connectivity index (χ0) is 12.3. The summed E-state index contributed by atoms with van der Waals surface area (Å²) in [5.41, 5.74) is 1.61. The molecule has 1 aliphatic carbocycles. The average molecular weight is 234 g/mol. The number of methoxy groups -OCH3 is 1. The van der Waals surface area contributed by atoms with Crippen molar-refractivity contribution in [3.8, 4) is 0 Å². The molecule has 0 aliphatic heterocycles. The molecule has 0 amide bonds. The van der Waals surface area contributed by atoms with Crippen molar-refractivity contribution in [1.29, 1.82) is 0 Å². The molecule has 0 radical (unpaired) electrons. The second-order valence-corrected chi connectivity index (χ2v) is 4.64. The Labute approximate surface area is 101 Å². The summed E-state index contributed by atoms with van der Waals surface area (Å²) >= 11 is 0. The minimum absolute atomic E-state index is 0.360. The van der Waals surface area contributed by atoms with E-state index < -0.39 is 5.97 Å². The average Bonchev–Trinajstić information content (AvgIpc) is 2.39. The van der Waals surface area contributed by atoms with Crippen LogP contribution in [0.15, 0.2) is 24.3 Å². The summed E-state index contributed by atoms with van der Waals surface area (Å²) in [6.45, 7) is 0. The van der Waals surface area contributed by atoms with Crippen LogP contribution in [0.4, 0.5) is 0 Å². The Bertz CT molecular complexity index is 375. The molecule has 92 valence electrons. The van der Waals surface area contributed by atoms with Crippen LogP contribution >= 0.6 is 0 Å². The van der Waals surface area contributed by atoms with Crippen molar-refractivity contribution < 1.29 is 14.6 Å². The fourth-order valence-corrected chi connectivity index (χ4v) is 2.53. The molecule has 17 heavy (non-hydrogen) atoms. The van der Waals surface area contributed by atoms with E-state index in [1.807, 2.05) is 12.1 Å². The van der Waals surface area contributed by atoms with Crippen LogP contribution in [-0.4, -0.2) is 24.3 Å². The van der Waals surface area contributed by atoms with Gasteiger partial charge in [0.05, 0.1) is 11.7 Å². The van der Waals surface area contributed by atoms with Crippen LogP contribution < -0.4 is 0 Å². The Morgan fingerprint density at radius 3 is 2.24 bits per heavy atom. The van der Waals surface area contributed by atoms with Crippen LogP contribution in [-0.2, 0) is 4.74 Å². The van der Waals surface area contributed by atoms with Gasteiger partial charge in [0.15, 0.2) is 0 Å². The fraction of sp³-hybridized carbons (Fsp3) is 0.500. The fourth-order valence-electron chi connectivity index (χ4n) is 2.53. The second-order valence-electron chi connectivity index (χ2n) is 4.64. The van der Waals surface area contributed by atoms with Crippen molar-refractivity contribution >= 4 is 5.97 Å². The van der Waals surface area contributed by atoms with Gasteiger partial charge in [-0.05, 0) is 49.3 Å². The molecule has 1 saturated carbocycles. The van der Waals surface area contributed by atoms with Crippen LogP contribution in [0.1, 0.15) is 47.5 Å². The van der Waals surface area contributed by atoms with Crippen LogP contribution in [0.25, 0.3) is 0 Å². The molecule has 0 atom stereocenters. The first-order valence-electron chi connectivity index (χ1n) is 6.06. The van der Waals surface area contributed by atoms with E-state index in [2.05, 4.69) is 0 Å². The van der Waals surface area contributed by atoms with Crippen molar-refractivity contribution in [2.45, 2.75) is 37.7 Å². The van der Waals surface area contributed by atoms with Crippen LogP contribution in [0.3, 0.4) is 0 Å². The molecule has 0 aromatic heterocycles. The SMILES string of the molecule is CO[C@H]1CC[C@H](c2ccc(C(=O)O)cc2)CC1. The first-order chi connectivity index (χ1) is 8.20. The van der Waals surface area contributed by atoms with Gasteiger partial charge in [-0.25, -0.2) is 4.79 Å². The lowest BCUT2D eigenvalue weighted by Crippen LogP contribution is -2.19. The third-order valence-corrected chi connectivity index (χ3v) is 3.64. The molecule has 3 heteroatoms. The second kappa shape index (κ2) is 5.32. The molecule has 0 spiro atoms. The topological polar surface area (TPSA) is 46.5 Å². The maximum absolute atomic E-state index is 10.8. The van der Waals surface area contributed by atoms with Crippen molar-refractivity contribution in [1.82, 2.24) is 0 Å². The van der Waals surface area contributed by atoms with Crippen LogP contribution in [0.5, 0.6) is 0 Å². The van der Waals surface area contributed by atoms with Crippen LogP contribution in [0, 0.1) is 0 Å². The quantitative estimate of drug-likeness (QED) is 0.874. The van der Waals surface area contributed by atoms with Gasteiger partial charge in [0.2, 0.25) is 0 Å². The van der Waals surface area contributed by atoms with Crippen molar-refractivity contribution in [3.63, 3.8) is 0 Å². The predicted molar refractivity (Wildman–Crippen MR) is 65.4 cm³/mol. The number of aromatic carboxylic acids is 1. The molecule has 3 nitrogen and oxygen atoms in total. The van der Waals surface area contributed by atoms with Gasteiger partial charge in [0.25, 0.3) is 0 Å². The highest BCUT2D eigenvalue weighted by Gasteiger charge is 2.22. The lowest BCUT2D eigenvalue weighted by atomic mass is 9.82. The molecule has 1 aromatic rings. The van der Waals surface area contributed by atoms with Gasteiger partial charge in [0, 0.05) is 7.11 Å². The standard InChI is InChI=1S/C14H18O3/c1-17-13-8-6-11(7-9-13)10-2-4-12(5-3-10)14(15)16/h2-5,11,13H,6-9H2,1H3,(H,15,16)/t11-,13-. The Kier molecular flexibility index (Phi) is 3.79. The molecule has 1 fully saturated rings. The molecule has 0 unspecified atom stereocenters. The monoisotopic (exact) mass is 234 g/mol. The van der Waals surface area contributed by atoms with E-state index in [4.69, 9.17) is 9.84 Å². The molecular formula is C14H18O3. The number of rotatable bonds is 3. The number of ether oxygens (including phenoxy) is 1. The number of benzene rings is 1. The normalized spacial score (nSPS) is 24.5. The zero-order valence-electron chi connectivity index (χ0n) is 10.1. The van der Waals surface area contributed by atoms with Gasteiger partial charge in [-0.2, -0.15) is 0 Å². The Balaban J connectivity index is 2.01. The van der Waals surface area contributed by atoms with E-state index in [0.29, 0.717) is 17.6 Å². The smallest absolute Gasteiger partial charge is 0.335 e. The Morgan fingerprint density at radius 1 is 1.18 bits per heavy atom. The summed E-state index contributed by atoms with van der Waals surface area (Å²) in [6, 6.07) is 7.28. The van der Waals surface area contributed by atoms with E-state index in [1.54, 1.807) is 19.2 Å². The lowest BCUT2D eigenvalue weighted by molar-refractivity contribution is 0.0659. The van der Waals surface area contributed by atoms with Gasteiger partial charge in [-0.3, -0.25) is 0 Å². The van der Waals surface area contributed by atoms with Gasteiger partial charge >= 0.3 is 5.97 Å². The molecule has 0 saturated heterocycles. The number of carboxylic acids is 1. The zero-order valence-corrected chi connectivity index (χ0v) is 10.1. The predicted octanol–water partition coefficient (Wildman–Crippen LogP) is 3.06. The van der Waals surface area contributed by atoms with Gasteiger partial charge in [0.1, 0.15) is 0 Å². The highest BCUT2D eigenvalue weighted by molar-refractivity contribution is 5.87. The van der Waals surface area contributed by atoms with Gasteiger partial charge in [-0.1, -0.05) is 12.1 Å². The maximum Gasteiger partial charge on any atom is 0.335 e. The molecule has 0 heterocycles. The van der Waals surface area contributed by atoms with E-state index >= 15 is 0 Å². The summed E-state index contributed by atoms with van der Waals surface area (Å²) in [5, 5.41) is 8.84. The molecule has 1 N–H and O–H groups in total. The largest absolute Gasteiger partial charge is 0.478 e. The molecule has 2 rings (SSSR count). The molecular weight excluding hydrogens is 216 g/mol. The third-order valence-electron chi connectivity index (χ3n) is 3.64. The first kappa shape index (κ1) is 12.1. The number of carbonyl (C=O) groups is 1. The Morgan fingerprint density at radius 2 is 1.76 bits per heavy atom. The number of carboxylic acid groups (broad SMARTS) is 1. The van der Waals surface area contributed by atoms with E-state index in [9.17, 15) is 4.79 Å². The van der Waals surface area contributed by atoms with Crippen molar-refractivity contribution in [3.05, 3.63) is 35.4 Å². The van der Waals surface area contributed by atoms with Crippen molar-refractivity contribution in [2.24, 2.45) is 0 Å². The highest BCUT2D eigenvalue weighted by atomic mass is 16.5. The number of hydrogen-bond acceptors (Lipinski definition) is 2. The van der Waals surface area contributed by atoms with E-state index in [-0.39, 0.29) is 0 Å². The molecule has 1 aliphatic rings. The summed E-state index contributed by atoms with van der Waals surface area (Å²) in [6.07, 6.45) is 4.86. The summed E-state index contributed by atoms with van der Waals surface area (Å²) in [7, 11) is 1.77. The summed E-state index contributed by atoms with van der Waals surface area (Å²) in [4.78, 5) is 10.8. The first-order valence-corrected chi connectivity index (χ1v) is 6.06. The Hall–Kier alpha value is -1.35. The van der Waals surface area contributed by atoms with E-state index in [1.165, 1.54) is 5.56 Å². The molecule has 0 bridgehead atoms. The highest BCUT2D eigenvalue weighted by Crippen LogP contribution is 2.33. The van der Waals surface area contributed by atoms with Crippen LogP contribution in [0.2, 0.25) is 0 Å². The lowest BCUT2D eigenvalue weighted by Gasteiger charge is -2.27. The number of hydrogen-bond donors (Lipinski definition) is 1. The van der Waals surface area contributed by atoms with Gasteiger partial charge in [-0.15, -0.1) is 0 Å². The summed E-state index contributed by atoms with van der Waals surface area (Å²) < 4.78 is 5.35. The minimum Gasteiger partial charge on any atom is -0.478 e. The summed E-state index contributed by atoms with van der Waals surface area (Å²) in [5.74, 6) is -0.302. The molecule has 1 aromatic carbocycles. The van der Waals surface area contributed by atoms with Gasteiger partial charge < -0.3 is 9.84 Å². The van der Waals surface area contributed by atoms with E-state index in [0.717, 1.165) is 25.7 Å². The van der Waals surface area contributed by atoms with Crippen molar-refractivity contribution in [2.75, 3.05) is 7.11 Å². The minimum atomic E-state index is -0.861. The maximum atomic E-state index is 10.8. The third kappa shape index (κ3) is 2.86.